The molecule has 1 aromatic heterocycles. The molecule has 0 bridgehead atoms. The Kier molecular flexibility index (Phi) is 4.75. The molecule has 0 aliphatic heterocycles. The Labute approximate surface area is 145 Å². The number of hydrogen-bond donors (Lipinski definition) is 0. The third-order valence-electron chi connectivity index (χ3n) is 3.85. The average Bonchev–Trinajstić information content (AvgIpc) is 3.08. The molecule has 0 saturated heterocycles. The fraction of sp³-hybridized carbons (Fsp3) is 0.150. The molecule has 5 heteroatoms. The van der Waals surface area contributed by atoms with Crippen LogP contribution in [0.2, 0.25) is 0 Å². The minimum Gasteiger partial charge on any atom is -0.450 e. The predicted molar refractivity (Wildman–Crippen MR) is 94.6 cm³/mol. The number of esters is 1. The second kappa shape index (κ2) is 7.13. The Bertz CT molecular complexity index is 886. The van der Waals surface area contributed by atoms with Crippen molar-refractivity contribution in [2.45, 2.75) is 20.0 Å². The van der Waals surface area contributed by atoms with Gasteiger partial charge in [-0.05, 0) is 32.0 Å². The summed E-state index contributed by atoms with van der Waals surface area (Å²) in [5, 5.41) is 4.55. The van der Waals surface area contributed by atoms with Crippen LogP contribution in [0, 0.1) is 0 Å². The van der Waals surface area contributed by atoms with E-state index in [1.165, 1.54) is 11.6 Å². The van der Waals surface area contributed by atoms with E-state index in [1.54, 1.807) is 13.0 Å². The molecule has 0 aliphatic rings. The van der Waals surface area contributed by atoms with Crippen molar-refractivity contribution in [1.29, 1.82) is 0 Å². The molecule has 0 saturated carbocycles. The molecular weight excluding hydrogens is 316 g/mol. The van der Waals surface area contributed by atoms with Gasteiger partial charge in [0.1, 0.15) is 0 Å². The lowest BCUT2D eigenvalue weighted by Crippen LogP contribution is -2.23. The molecule has 2 aromatic carbocycles. The number of para-hydroxylation sites is 1. The van der Waals surface area contributed by atoms with Crippen molar-refractivity contribution in [2.24, 2.45) is 0 Å². The van der Waals surface area contributed by atoms with Crippen molar-refractivity contribution in [3.63, 3.8) is 0 Å². The third-order valence-corrected chi connectivity index (χ3v) is 3.85. The van der Waals surface area contributed by atoms with Crippen LogP contribution in [0.5, 0.6) is 0 Å². The van der Waals surface area contributed by atoms with Gasteiger partial charge in [0.15, 0.2) is 17.6 Å². The van der Waals surface area contributed by atoms with Crippen LogP contribution >= 0.6 is 0 Å². The van der Waals surface area contributed by atoms with Gasteiger partial charge in [-0.15, -0.1) is 0 Å². The Morgan fingerprint density at radius 1 is 1.00 bits per heavy atom. The van der Waals surface area contributed by atoms with Gasteiger partial charge in [-0.2, -0.15) is 5.10 Å². The molecule has 0 spiro atoms. The van der Waals surface area contributed by atoms with E-state index in [-0.39, 0.29) is 11.5 Å². The molecule has 3 aromatic rings. The van der Waals surface area contributed by atoms with Gasteiger partial charge >= 0.3 is 5.97 Å². The lowest BCUT2D eigenvalue weighted by molar-refractivity contribution is -0.124. The lowest BCUT2D eigenvalue weighted by Gasteiger charge is -2.11. The molecule has 1 atom stereocenters. The fourth-order valence-electron chi connectivity index (χ4n) is 2.35. The van der Waals surface area contributed by atoms with Gasteiger partial charge in [0.25, 0.3) is 0 Å². The van der Waals surface area contributed by atoms with Gasteiger partial charge < -0.3 is 4.74 Å². The number of ketones is 1. The smallest absolute Gasteiger partial charge is 0.357 e. The number of carbonyl (C=O) groups excluding carboxylic acids is 2. The highest BCUT2D eigenvalue weighted by Gasteiger charge is 2.22. The molecule has 0 fully saturated rings. The Morgan fingerprint density at radius 2 is 1.60 bits per heavy atom. The van der Waals surface area contributed by atoms with E-state index in [9.17, 15) is 9.59 Å². The van der Waals surface area contributed by atoms with E-state index in [4.69, 9.17) is 4.74 Å². The molecule has 126 valence electrons. The Morgan fingerprint density at radius 3 is 2.20 bits per heavy atom. The second-order valence-electron chi connectivity index (χ2n) is 5.69. The molecule has 3 rings (SSSR count). The van der Waals surface area contributed by atoms with Crippen molar-refractivity contribution in [3.8, 4) is 16.9 Å². The minimum absolute atomic E-state index is 0.206. The largest absolute Gasteiger partial charge is 0.450 e. The molecule has 1 heterocycles. The van der Waals surface area contributed by atoms with Crippen LogP contribution < -0.4 is 0 Å². The van der Waals surface area contributed by atoms with Crippen LogP contribution in [0.1, 0.15) is 24.3 Å². The maximum absolute atomic E-state index is 12.6. The molecule has 0 aliphatic carbocycles. The summed E-state index contributed by atoms with van der Waals surface area (Å²) >= 11 is 0. The molecule has 0 radical (unpaired) electrons. The maximum atomic E-state index is 12.6. The summed E-state index contributed by atoms with van der Waals surface area (Å²) in [7, 11) is 0. The second-order valence-corrected chi connectivity index (χ2v) is 5.69. The number of nitrogens with zero attached hydrogens (tertiary/aromatic N) is 2. The summed E-state index contributed by atoms with van der Waals surface area (Å²) in [4.78, 5) is 24.0. The van der Waals surface area contributed by atoms with Crippen LogP contribution in [-0.2, 0) is 9.53 Å². The molecule has 25 heavy (non-hydrogen) atoms. The zero-order chi connectivity index (χ0) is 17.8. The number of hydrogen-bond acceptors (Lipinski definition) is 4. The first-order valence-electron chi connectivity index (χ1n) is 7.98. The lowest BCUT2D eigenvalue weighted by atomic mass is 10.1. The van der Waals surface area contributed by atoms with E-state index in [0.29, 0.717) is 5.69 Å². The van der Waals surface area contributed by atoms with E-state index < -0.39 is 12.1 Å². The van der Waals surface area contributed by atoms with Crippen LogP contribution in [0.3, 0.4) is 0 Å². The number of ether oxygens (including phenoxy) is 1. The summed E-state index contributed by atoms with van der Waals surface area (Å²) in [6.07, 6.45) is -0.799. The standard InChI is InChI=1S/C20H18N2O3/c1-14(23)15(2)25-20(24)19-13-18(16-9-5-3-6-10-16)21-22(19)17-11-7-4-8-12-17/h3-13,15H,1-2H3/t15-/m0/s1. The number of benzene rings is 2. The van der Waals surface area contributed by atoms with Crippen LogP contribution in [-0.4, -0.2) is 27.6 Å². The van der Waals surface area contributed by atoms with Gasteiger partial charge in [0.2, 0.25) is 0 Å². The summed E-state index contributed by atoms with van der Waals surface area (Å²) in [5.74, 6) is -0.788. The van der Waals surface area contributed by atoms with Gasteiger partial charge in [-0.25, -0.2) is 9.48 Å². The summed E-state index contributed by atoms with van der Waals surface area (Å²) < 4.78 is 6.80. The molecule has 0 amide bonds. The van der Waals surface area contributed by atoms with Crippen molar-refractivity contribution in [3.05, 3.63) is 72.4 Å². The summed E-state index contributed by atoms with van der Waals surface area (Å²) in [6, 6.07) is 20.6. The van der Waals surface area contributed by atoms with Gasteiger partial charge in [-0.1, -0.05) is 48.5 Å². The SMILES string of the molecule is CC(=O)[C@H](C)OC(=O)c1cc(-c2ccccc2)nn1-c1ccccc1. The van der Waals surface area contributed by atoms with Crippen molar-refractivity contribution >= 4 is 11.8 Å². The monoisotopic (exact) mass is 334 g/mol. The Balaban J connectivity index is 2.05. The molecule has 0 N–H and O–H groups in total. The van der Waals surface area contributed by atoms with E-state index in [0.717, 1.165) is 11.3 Å². The van der Waals surface area contributed by atoms with Crippen LogP contribution in [0.25, 0.3) is 16.9 Å². The molecular formula is C20H18N2O3. The quantitative estimate of drug-likeness (QED) is 0.668. The number of rotatable bonds is 5. The maximum Gasteiger partial charge on any atom is 0.357 e. The predicted octanol–water partition coefficient (Wildman–Crippen LogP) is 3.67. The van der Waals surface area contributed by atoms with E-state index in [2.05, 4.69) is 5.10 Å². The highest BCUT2D eigenvalue weighted by molar-refractivity contribution is 5.92. The highest BCUT2D eigenvalue weighted by atomic mass is 16.5. The van der Waals surface area contributed by atoms with Gasteiger partial charge in [-0.3, -0.25) is 4.79 Å². The molecule has 5 nitrogen and oxygen atoms in total. The first-order chi connectivity index (χ1) is 12.1. The van der Waals surface area contributed by atoms with E-state index in [1.807, 2.05) is 60.7 Å². The zero-order valence-electron chi connectivity index (χ0n) is 14.0. The van der Waals surface area contributed by atoms with E-state index >= 15 is 0 Å². The number of aromatic nitrogens is 2. The molecule has 0 unspecified atom stereocenters. The van der Waals surface area contributed by atoms with Crippen molar-refractivity contribution in [2.75, 3.05) is 0 Å². The first-order valence-corrected chi connectivity index (χ1v) is 7.98. The van der Waals surface area contributed by atoms with Crippen molar-refractivity contribution in [1.82, 2.24) is 9.78 Å². The van der Waals surface area contributed by atoms with Crippen LogP contribution in [0.4, 0.5) is 0 Å². The zero-order valence-corrected chi connectivity index (χ0v) is 14.0. The fourth-order valence-corrected chi connectivity index (χ4v) is 2.35. The Hall–Kier alpha value is -3.21. The van der Waals surface area contributed by atoms with Crippen molar-refractivity contribution < 1.29 is 14.3 Å². The number of Topliss-reactive ketones (excluding diaryl/α,β-unsaturated/α-hetero) is 1. The first kappa shape index (κ1) is 16.6. The third kappa shape index (κ3) is 3.66. The number of carbonyl (C=O) groups is 2. The average molecular weight is 334 g/mol. The minimum atomic E-state index is -0.799. The highest BCUT2D eigenvalue weighted by Crippen LogP contribution is 2.22. The summed E-state index contributed by atoms with van der Waals surface area (Å²) in [5.41, 5.74) is 2.57. The van der Waals surface area contributed by atoms with Gasteiger partial charge in [0, 0.05) is 5.56 Å². The summed E-state index contributed by atoms with van der Waals surface area (Å²) in [6.45, 7) is 2.95. The van der Waals surface area contributed by atoms with Crippen LogP contribution in [0.15, 0.2) is 66.7 Å². The topological polar surface area (TPSA) is 61.2 Å². The van der Waals surface area contributed by atoms with Gasteiger partial charge in [0.05, 0.1) is 11.4 Å². The normalized spacial score (nSPS) is 11.8.